The van der Waals surface area contributed by atoms with Gasteiger partial charge in [-0.15, -0.1) is 10.2 Å². The van der Waals surface area contributed by atoms with E-state index in [2.05, 4.69) is 45.7 Å². The Morgan fingerprint density at radius 3 is 2.63 bits per heavy atom. The summed E-state index contributed by atoms with van der Waals surface area (Å²) in [5.74, 6) is -3.91. The molecule has 0 N–H and O–H groups in total. The zero-order valence-electron chi connectivity index (χ0n) is 16.2. The summed E-state index contributed by atoms with van der Waals surface area (Å²) in [6, 6.07) is 14.3. The van der Waals surface area contributed by atoms with E-state index in [-0.39, 0.29) is 19.1 Å². The molecule has 0 amide bonds. The second kappa shape index (κ2) is 6.92. The summed E-state index contributed by atoms with van der Waals surface area (Å²) in [5.41, 5.74) is 2.10. The van der Waals surface area contributed by atoms with Gasteiger partial charge in [-0.1, -0.05) is 26.1 Å². The van der Waals surface area contributed by atoms with E-state index in [0.717, 1.165) is 10.1 Å². The number of hydrogen-bond donors (Lipinski definition) is 0. The third-order valence-electron chi connectivity index (χ3n) is 4.95. The lowest BCUT2D eigenvalue weighted by Gasteiger charge is -2.15. The quantitative estimate of drug-likeness (QED) is 0.412. The minimum Gasteiger partial charge on any atom is -0.307 e. The van der Waals surface area contributed by atoms with Crippen LogP contribution < -0.4 is 5.30 Å². The number of halogens is 2. The Kier molecular flexibility index (Phi) is 4.33. The molecule has 4 aromatic heterocycles. The van der Waals surface area contributed by atoms with Crippen LogP contribution in [0.15, 0.2) is 67.1 Å². The highest BCUT2D eigenvalue weighted by atomic mass is 31.1. The minimum absolute atomic E-state index is 0.209. The predicted octanol–water partition coefficient (Wildman–Crippen LogP) is 3.95. The van der Waals surface area contributed by atoms with E-state index >= 15 is 8.78 Å². The molecule has 6 nitrogen and oxygen atoms in total. The Hall–Kier alpha value is -3.25. The van der Waals surface area contributed by atoms with Crippen LogP contribution in [0.4, 0.5) is 8.78 Å². The number of nitrogens with zero attached hydrogens (tertiary/aromatic N) is 6. The summed E-state index contributed by atoms with van der Waals surface area (Å²) < 4.78 is 33.5. The molecule has 0 bridgehead atoms. The molecule has 0 fully saturated rings. The summed E-state index contributed by atoms with van der Waals surface area (Å²) in [7, 11) is -0.280. The van der Waals surface area contributed by atoms with E-state index in [1.807, 2.05) is 12.1 Å². The van der Waals surface area contributed by atoms with Gasteiger partial charge in [0.1, 0.15) is 5.65 Å². The first-order valence-electron chi connectivity index (χ1n) is 9.25. The number of benzene rings is 1. The van der Waals surface area contributed by atoms with E-state index in [0.29, 0.717) is 11.3 Å². The molecule has 0 radical (unpaired) electrons. The van der Waals surface area contributed by atoms with Crippen LogP contribution in [0.5, 0.6) is 0 Å². The van der Waals surface area contributed by atoms with Crippen LogP contribution in [0.2, 0.25) is 0 Å². The van der Waals surface area contributed by atoms with Crippen LogP contribution in [0.3, 0.4) is 0 Å². The van der Waals surface area contributed by atoms with Gasteiger partial charge in [0, 0.05) is 29.7 Å². The highest BCUT2D eigenvalue weighted by Crippen LogP contribution is 2.35. The standard InChI is InChI=1S/C21H17F2N6P/c1-30(2)16-5-3-4-14(12-16)17-7-9-19-25-26-20(29(19)27-17)21(22,23)15-6-8-18-24-10-11-28(18)13-15/h3-13H,1-2H3. The molecule has 0 spiro atoms. The molecule has 0 unspecified atom stereocenters. The fraction of sp³-hybridized carbons (Fsp3) is 0.143. The molecule has 1 aromatic carbocycles. The van der Waals surface area contributed by atoms with Crippen LogP contribution in [0.25, 0.3) is 22.6 Å². The number of alkyl halides is 2. The maximum atomic E-state index is 15.4. The fourth-order valence-electron chi connectivity index (χ4n) is 3.32. The zero-order valence-corrected chi connectivity index (χ0v) is 17.1. The van der Waals surface area contributed by atoms with E-state index in [9.17, 15) is 0 Å². The molecule has 5 aromatic rings. The van der Waals surface area contributed by atoms with Gasteiger partial charge < -0.3 is 4.40 Å². The summed E-state index contributed by atoms with van der Waals surface area (Å²) in [6.07, 6.45) is 4.53. The van der Waals surface area contributed by atoms with Crippen LogP contribution in [-0.4, -0.2) is 42.5 Å². The molecular weight excluding hydrogens is 405 g/mol. The maximum Gasteiger partial charge on any atom is 0.335 e. The molecule has 0 atom stereocenters. The molecule has 9 heteroatoms. The molecule has 0 saturated heterocycles. The van der Waals surface area contributed by atoms with Crippen molar-refractivity contribution in [3.05, 3.63) is 78.5 Å². The third-order valence-corrected chi connectivity index (χ3v) is 6.26. The average Bonchev–Trinajstić information content (AvgIpc) is 3.39. The van der Waals surface area contributed by atoms with Crippen molar-refractivity contribution < 1.29 is 8.78 Å². The van der Waals surface area contributed by atoms with Gasteiger partial charge in [0.25, 0.3) is 0 Å². The Morgan fingerprint density at radius 1 is 0.967 bits per heavy atom. The van der Waals surface area contributed by atoms with E-state index < -0.39 is 11.7 Å². The van der Waals surface area contributed by atoms with Gasteiger partial charge in [-0.05, 0) is 49.0 Å². The van der Waals surface area contributed by atoms with Crippen LogP contribution >= 0.6 is 7.92 Å². The molecular formula is C21H17F2N6P. The van der Waals surface area contributed by atoms with Gasteiger partial charge in [0.2, 0.25) is 5.82 Å². The van der Waals surface area contributed by atoms with Gasteiger partial charge in [-0.3, -0.25) is 0 Å². The highest BCUT2D eigenvalue weighted by molar-refractivity contribution is 7.64. The van der Waals surface area contributed by atoms with Gasteiger partial charge >= 0.3 is 5.92 Å². The first-order valence-corrected chi connectivity index (χ1v) is 11.5. The molecule has 0 aliphatic rings. The Bertz CT molecular complexity index is 1370. The molecule has 0 saturated carbocycles. The van der Waals surface area contributed by atoms with Crippen molar-refractivity contribution in [2.24, 2.45) is 0 Å². The smallest absolute Gasteiger partial charge is 0.307 e. The summed E-state index contributed by atoms with van der Waals surface area (Å²) >= 11 is 0. The number of hydrogen-bond acceptors (Lipinski definition) is 4. The molecule has 0 aliphatic carbocycles. The monoisotopic (exact) mass is 422 g/mol. The van der Waals surface area contributed by atoms with Gasteiger partial charge in [0.15, 0.2) is 5.65 Å². The van der Waals surface area contributed by atoms with Crippen molar-refractivity contribution in [1.29, 1.82) is 0 Å². The zero-order chi connectivity index (χ0) is 20.9. The molecule has 4 heterocycles. The number of imidazole rings is 1. The average molecular weight is 422 g/mol. The van der Waals surface area contributed by atoms with Gasteiger partial charge in [-0.2, -0.15) is 18.4 Å². The van der Waals surface area contributed by atoms with E-state index in [1.165, 1.54) is 17.6 Å². The first-order chi connectivity index (χ1) is 14.4. The SMILES string of the molecule is CP(C)c1cccc(-c2ccc3nnc(C(F)(F)c4ccc5nccn5c4)n3n2)c1. The molecule has 0 aliphatic heterocycles. The third kappa shape index (κ3) is 3.04. The lowest BCUT2D eigenvalue weighted by atomic mass is 10.1. The van der Waals surface area contributed by atoms with Crippen LogP contribution in [-0.2, 0) is 5.92 Å². The summed E-state index contributed by atoms with van der Waals surface area (Å²) in [4.78, 5) is 4.09. The second-order valence-corrected chi connectivity index (χ2v) is 9.45. The van der Waals surface area contributed by atoms with Crippen molar-refractivity contribution in [3.63, 3.8) is 0 Å². The van der Waals surface area contributed by atoms with Crippen molar-refractivity contribution in [2.75, 3.05) is 13.3 Å². The van der Waals surface area contributed by atoms with Crippen molar-refractivity contribution >= 4 is 24.5 Å². The number of rotatable bonds is 4. The molecule has 150 valence electrons. The highest BCUT2D eigenvalue weighted by Gasteiger charge is 2.40. The van der Waals surface area contributed by atoms with Crippen molar-refractivity contribution in [2.45, 2.75) is 5.92 Å². The number of aromatic nitrogens is 6. The lowest BCUT2D eigenvalue weighted by Crippen LogP contribution is -2.21. The number of fused-ring (bicyclic) bond motifs is 2. The van der Waals surface area contributed by atoms with Crippen molar-refractivity contribution in [1.82, 2.24) is 29.2 Å². The maximum absolute atomic E-state index is 15.4. The lowest BCUT2D eigenvalue weighted by molar-refractivity contribution is 0.0302. The van der Waals surface area contributed by atoms with Crippen molar-refractivity contribution in [3.8, 4) is 11.3 Å². The Balaban J connectivity index is 1.63. The van der Waals surface area contributed by atoms with Gasteiger partial charge in [-0.25, -0.2) is 4.98 Å². The predicted molar refractivity (Wildman–Crippen MR) is 113 cm³/mol. The molecule has 5 rings (SSSR count). The van der Waals surface area contributed by atoms with E-state index in [1.54, 1.807) is 35.0 Å². The summed E-state index contributed by atoms with van der Waals surface area (Å²) in [5, 5.41) is 13.3. The Labute approximate surface area is 172 Å². The van der Waals surface area contributed by atoms with Crippen LogP contribution in [0, 0.1) is 0 Å². The normalized spacial score (nSPS) is 12.3. The minimum atomic E-state index is -3.38. The van der Waals surface area contributed by atoms with Crippen LogP contribution in [0.1, 0.15) is 11.4 Å². The summed E-state index contributed by atoms with van der Waals surface area (Å²) in [6.45, 7) is 4.33. The second-order valence-electron chi connectivity index (χ2n) is 7.14. The van der Waals surface area contributed by atoms with E-state index in [4.69, 9.17) is 0 Å². The van der Waals surface area contributed by atoms with Gasteiger partial charge in [0.05, 0.1) is 5.69 Å². The fourth-order valence-corrected chi connectivity index (χ4v) is 4.10. The largest absolute Gasteiger partial charge is 0.335 e. The molecule has 30 heavy (non-hydrogen) atoms. The topological polar surface area (TPSA) is 60.4 Å². The first kappa shape index (κ1) is 18.8. The number of pyridine rings is 1. The Morgan fingerprint density at radius 2 is 1.80 bits per heavy atom.